The van der Waals surface area contributed by atoms with E-state index in [1.807, 2.05) is 27.2 Å². The summed E-state index contributed by atoms with van der Waals surface area (Å²) in [6.45, 7) is 4.70. The van der Waals surface area contributed by atoms with E-state index in [2.05, 4.69) is 141 Å². The molecule has 0 aromatic rings. The molecule has 0 aliphatic rings. The number of amides is 1. The number of carbonyl (C=O) groups is 1. The first-order valence-corrected chi connectivity index (χ1v) is 34.1. The number of aliphatic hydroxyl groups excluding tert-OH is 1. The molecule has 3 N–H and O–H groups in total. The van der Waals surface area contributed by atoms with Crippen molar-refractivity contribution in [2.24, 2.45) is 0 Å². The van der Waals surface area contributed by atoms with Gasteiger partial charge in [0, 0.05) is 6.42 Å². The third-order valence-electron chi connectivity index (χ3n) is 13.9. The summed E-state index contributed by atoms with van der Waals surface area (Å²) in [4.78, 5) is 23.3. The van der Waals surface area contributed by atoms with Gasteiger partial charge in [0.05, 0.1) is 39.9 Å². The lowest BCUT2D eigenvalue weighted by Crippen LogP contribution is -2.45. The van der Waals surface area contributed by atoms with Crippen LogP contribution in [0.4, 0.5) is 0 Å². The molecule has 8 nitrogen and oxygen atoms in total. The molecule has 0 radical (unpaired) electrons. The minimum atomic E-state index is -4.36. The molecule has 458 valence electrons. The highest BCUT2D eigenvalue weighted by Gasteiger charge is 2.27. The van der Waals surface area contributed by atoms with Crippen LogP contribution in [0.1, 0.15) is 258 Å². The molecule has 0 aliphatic carbocycles. The van der Waals surface area contributed by atoms with Crippen molar-refractivity contribution >= 4 is 13.7 Å². The van der Waals surface area contributed by atoms with Crippen molar-refractivity contribution in [1.82, 2.24) is 5.32 Å². The average Bonchev–Trinajstić information content (AvgIpc) is 3.42. The maximum absolute atomic E-state index is 13.0. The minimum absolute atomic E-state index is 0.0553. The lowest BCUT2D eigenvalue weighted by atomic mass is 10.0. The molecule has 0 saturated carbocycles. The first-order valence-electron chi connectivity index (χ1n) is 32.6. The van der Waals surface area contributed by atoms with Crippen LogP contribution in [0.2, 0.25) is 0 Å². The second kappa shape index (κ2) is 60.2. The number of hydrogen-bond donors (Lipinski definition) is 3. The van der Waals surface area contributed by atoms with Crippen molar-refractivity contribution in [1.29, 1.82) is 0 Å². The average molecular weight is 1130 g/mol. The Balaban J connectivity index is 4.11. The topological polar surface area (TPSA) is 105 Å². The lowest BCUT2D eigenvalue weighted by molar-refractivity contribution is -0.870. The molecule has 3 unspecified atom stereocenters. The van der Waals surface area contributed by atoms with Crippen molar-refractivity contribution in [2.75, 3.05) is 40.9 Å². The van der Waals surface area contributed by atoms with Gasteiger partial charge in [-0.2, -0.15) is 0 Å². The molecular weight excluding hydrogens is 1010 g/mol. The molecular formula is C71H124N2O6P+. The number of phosphoric ester groups is 1. The Labute approximate surface area is 494 Å². The van der Waals surface area contributed by atoms with Crippen LogP contribution in [0.15, 0.2) is 134 Å². The predicted octanol–water partition coefficient (Wildman–Crippen LogP) is 20.7. The number of nitrogens with one attached hydrogen (secondary N) is 1. The normalized spacial score (nSPS) is 14.6. The first kappa shape index (κ1) is 76.6. The number of unbranched alkanes of at least 4 members (excludes halogenated alkanes) is 25. The number of aliphatic hydroxyl groups is 1. The van der Waals surface area contributed by atoms with Crippen LogP contribution in [0.5, 0.6) is 0 Å². The SMILES string of the molecule is CC/C=C\C/C=C\C/C=C\C/C=C\C/C=C\C/C=C\C/C=C\C/C=C\C/C=C\C/C=C\CCCCCCCCCCCCC(=O)NC(COP(=O)(O)OCC[N+](C)(C)C)C(O)/C=C/CCCCCCCCCCCCCCCCC. The van der Waals surface area contributed by atoms with Crippen LogP contribution >= 0.6 is 7.82 Å². The molecule has 0 bridgehead atoms. The van der Waals surface area contributed by atoms with Gasteiger partial charge in [-0.3, -0.25) is 13.8 Å². The summed E-state index contributed by atoms with van der Waals surface area (Å²) >= 11 is 0. The van der Waals surface area contributed by atoms with Gasteiger partial charge in [-0.25, -0.2) is 4.57 Å². The summed E-state index contributed by atoms with van der Waals surface area (Å²) < 4.78 is 23.7. The van der Waals surface area contributed by atoms with Gasteiger partial charge in [0.2, 0.25) is 5.91 Å². The zero-order chi connectivity index (χ0) is 58.4. The smallest absolute Gasteiger partial charge is 0.387 e. The molecule has 0 heterocycles. The molecule has 0 spiro atoms. The van der Waals surface area contributed by atoms with Gasteiger partial charge in [0.1, 0.15) is 13.2 Å². The molecule has 0 aromatic carbocycles. The summed E-state index contributed by atoms with van der Waals surface area (Å²) in [6.07, 6.45) is 91.4. The maximum atomic E-state index is 13.0. The van der Waals surface area contributed by atoms with E-state index in [1.165, 1.54) is 128 Å². The molecule has 0 fully saturated rings. The third kappa shape index (κ3) is 62.2. The molecule has 9 heteroatoms. The number of hydrogen-bond acceptors (Lipinski definition) is 5. The quantitative estimate of drug-likeness (QED) is 0.0243. The Morgan fingerprint density at radius 3 is 1.10 bits per heavy atom. The summed E-state index contributed by atoms with van der Waals surface area (Å²) in [7, 11) is 1.56. The second-order valence-electron chi connectivity index (χ2n) is 22.8. The van der Waals surface area contributed by atoms with Gasteiger partial charge in [-0.15, -0.1) is 0 Å². The zero-order valence-corrected chi connectivity index (χ0v) is 53.2. The van der Waals surface area contributed by atoms with Gasteiger partial charge in [-0.05, 0) is 96.3 Å². The molecule has 1 amide bonds. The highest BCUT2D eigenvalue weighted by atomic mass is 31.2. The highest BCUT2D eigenvalue weighted by molar-refractivity contribution is 7.47. The van der Waals surface area contributed by atoms with Crippen LogP contribution in [0, 0.1) is 0 Å². The Kier molecular flexibility index (Phi) is 57.7. The van der Waals surface area contributed by atoms with E-state index in [1.54, 1.807) is 6.08 Å². The van der Waals surface area contributed by atoms with Crippen LogP contribution in [0.25, 0.3) is 0 Å². The fraction of sp³-hybridized carbons (Fsp3) is 0.676. The van der Waals surface area contributed by atoms with E-state index in [-0.39, 0.29) is 19.1 Å². The highest BCUT2D eigenvalue weighted by Crippen LogP contribution is 2.43. The number of allylic oxidation sites excluding steroid dienone is 21. The monoisotopic (exact) mass is 1130 g/mol. The van der Waals surface area contributed by atoms with E-state index in [9.17, 15) is 19.4 Å². The van der Waals surface area contributed by atoms with Crippen LogP contribution in [-0.4, -0.2) is 73.4 Å². The number of quaternary nitrogens is 1. The Morgan fingerprint density at radius 1 is 0.438 bits per heavy atom. The Morgan fingerprint density at radius 2 is 0.750 bits per heavy atom. The fourth-order valence-corrected chi connectivity index (χ4v) is 9.57. The first-order chi connectivity index (χ1) is 39.0. The van der Waals surface area contributed by atoms with Crippen LogP contribution < -0.4 is 5.32 Å². The summed E-state index contributed by atoms with van der Waals surface area (Å²) in [5.41, 5.74) is 0. The summed E-state index contributed by atoms with van der Waals surface area (Å²) in [5.74, 6) is -0.185. The number of carbonyl (C=O) groups excluding carboxylic acids is 1. The number of phosphoric acid groups is 1. The standard InChI is InChI=1S/C71H123N2O6P/c1-6-8-10-12-14-16-18-20-22-24-25-26-27-28-29-30-31-32-33-34-35-36-37-38-39-40-41-42-43-44-45-46-47-49-51-53-55-57-59-61-63-65-71(75)72-69(68-79-80(76,77)78-67-66-73(3,4)5)70(74)64-62-60-58-56-54-52-50-48-23-21-19-17-15-13-11-9-7-2/h8,10,14,16,20,22,25-26,28-29,31-32,34-35,37-38,40-41,43-44,62,64,69-70,74H,6-7,9,11-13,15,17-19,21,23-24,27,30,33,36,39,42,45-61,63,65-68H2,1-5H3,(H-,72,75,76,77)/p+1/b10-8-,16-14-,22-20-,26-25-,29-28-,32-31-,35-34-,38-37-,41-40-,44-43-,64-62+. The van der Waals surface area contributed by atoms with E-state index in [0.29, 0.717) is 17.4 Å². The molecule has 0 rings (SSSR count). The van der Waals surface area contributed by atoms with Crippen LogP contribution in [0.3, 0.4) is 0 Å². The third-order valence-corrected chi connectivity index (χ3v) is 14.9. The number of likely N-dealkylation sites (N-methyl/N-ethyl adjacent to an activating group) is 1. The van der Waals surface area contributed by atoms with Gasteiger partial charge in [0.25, 0.3) is 0 Å². The van der Waals surface area contributed by atoms with Crippen molar-refractivity contribution < 1.29 is 32.9 Å². The Hall–Kier alpha value is -3.36. The lowest BCUT2D eigenvalue weighted by Gasteiger charge is -2.25. The van der Waals surface area contributed by atoms with E-state index < -0.39 is 20.0 Å². The maximum Gasteiger partial charge on any atom is 0.472 e. The molecule has 80 heavy (non-hydrogen) atoms. The van der Waals surface area contributed by atoms with Gasteiger partial charge < -0.3 is 19.8 Å². The number of rotatable bonds is 58. The molecule has 0 aliphatic heterocycles. The van der Waals surface area contributed by atoms with E-state index in [4.69, 9.17) is 9.05 Å². The molecule has 3 atom stereocenters. The fourth-order valence-electron chi connectivity index (χ4n) is 8.84. The second-order valence-corrected chi connectivity index (χ2v) is 24.2. The number of nitrogens with zero attached hydrogens (tertiary/aromatic N) is 1. The van der Waals surface area contributed by atoms with Gasteiger partial charge in [-0.1, -0.05) is 289 Å². The van der Waals surface area contributed by atoms with Gasteiger partial charge >= 0.3 is 7.82 Å². The summed E-state index contributed by atoms with van der Waals surface area (Å²) in [5, 5.41) is 14.0. The molecule has 0 saturated heterocycles. The minimum Gasteiger partial charge on any atom is -0.387 e. The summed E-state index contributed by atoms with van der Waals surface area (Å²) in [6, 6.07) is -0.858. The zero-order valence-electron chi connectivity index (χ0n) is 52.3. The Bertz CT molecular complexity index is 1760. The van der Waals surface area contributed by atoms with Crippen LogP contribution in [-0.2, 0) is 18.4 Å². The van der Waals surface area contributed by atoms with Gasteiger partial charge in [0.15, 0.2) is 0 Å². The van der Waals surface area contributed by atoms with E-state index in [0.717, 1.165) is 109 Å². The van der Waals surface area contributed by atoms with Crippen molar-refractivity contribution in [3.63, 3.8) is 0 Å². The van der Waals surface area contributed by atoms with Crippen molar-refractivity contribution in [3.8, 4) is 0 Å². The van der Waals surface area contributed by atoms with E-state index >= 15 is 0 Å². The van der Waals surface area contributed by atoms with Crippen molar-refractivity contribution in [3.05, 3.63) is 134 Å². The molecule has 0 aromatic heterocycles. The largest absolute Gasteiger partial charge is 0.472 e. The van der Waals surface area contributed by atoms with Crippen molar-refractivity contribution in [2.45, 2.75) is 270 Å². The predicted molar refractivity (Wildman–Crippen MR) is 350 cm³/mol.